The first-order chi connectivity index (χ1) is 13.4. The average molecular weight is 388 g/mol. The number of H-pyrrole nitrogens is 1. The van der Waals surface area contributed by atoms with Crippen molar-refractivity contribution < 1.29 is 22.5 Å². The van der Waals surface area contributed by atoms with Crippen LogP contribution in [0.25, 0.3) is 22.4 Å². The molecule has 4 rings (SSSR count). The first-order valence-electron chi connectivity index (χ1n) is 8.04. The van der Waals surface area contributed by atoms with Crippen LogP contribution in [0.2, 0.25) is 0 Å². The SMILES string of the molecule is O=c1[nH]c2nonc2nc1Cc1cccc(-c2ccc(OC(F)(F)F)cc2)c1. The van der Waals surface area contributed by atoms with Crippen LogP contribution in [-0.2, 0) is 6.42 Å². The van der Waals surface area contributed by atoms with E-state index in [4.69, 9.17) is 0 Å². The molecule has 0 radical (unpaired) electrons. The quantitative estimate of drug-likeness (QED) is 0.575. The van der Waals surface area contributed by atoms with Crippen molar-refractivity contribution in [3.63, 3.8) is 0 Å². The van der Waals surface area contributed by atoms with Crippen molar-refractivity contribution in [3.05, 3.63) is 70.1 Å². The molecule has 0 spiro atoms. The van der Waals surface area contributed by atoms with E-state index >= 15 is 0 Å². The van der Waals surface area contributed by atoms with Crippen LogP contribution < -0.4 is 10.3 Å². The number of benzene rings is 2. The Bertz CT molecular complexity index is 1180. The molecule has 142 valence electrons. The summed E-state index contributed by atoms with van der Waals surface area (Å²) in [5.41, 5.74) is 2.49. The summed E-state index contributed by atoms with van der Waals surface area (Å²) in [4.78, 5) is 18.8. The van der Waals surface area contributed by atoms with E-state index in [1.54, 1.807) is 6.07 Å². The van der Waals surface area contributed by atoms with Crippen molar-refractivity contribution in [2.75, 3.05) is 0 Å². The van der Waals surface area contributed by atoms with Gasteiger partial charge < -0.3 is 4.74 Å². The van der Waals surface area contributed by atoms with Crippen LogP contribution in [0.1, 0.15) is 11.3 Å². The lowest BCUT2D eigenvalue weighted by Crippen LogP contribution is -2.16. The van der Waals surface area contributed by atoms with Gasteiger partial charge in [0.15, 0.2) is 0 Å². The van der Waals surface area contributed by atoms with Gasteiger partial charge in [-0.05, 0) is 39.1 Å². The number of aromatic nitrogens is 4. The van der Waals surface area contributed by atoms with Crippen LogP contribution >= 0.6 is 0 Å². The Morgan fingerprint density at radius 2 is 1.82 bits per heavy atom. The molecule has 0 fully saturated rings. The molecule has 0 saturated carbocycles. The van der Waals surface area contributed by atoms with Crippen LogP contribution in [0.4, 0.5) is 13.2 Å². The summed E-state index contributed by atoms with van der Waals surface area (Å²) in [6.45, 7) is 0. The number of nitrogens with one attached hydrogen (secondary N) is 1. The van der Waals surface area contributed by atoms with Crippen molar-refractivity contribution >= 4 is 11.3 Å². The molecule has 0 unspecified atom stereocenters. The summed E-state index contributed by atoms with van der Waals surface area (Å²) in [5, 5.41) is 7.13. The van der Waals surface area contributed by atoms with E-state index in [2.05, 4.69) is 29.6 Å². The lowest BCUT2D eigenvalue weighted by atomic mass is 10.0. The van der Waals surface area contributed by atoms with Gasteiger partial charge in [0.25, 0.3) is 5.56 Å². The molecule has 28 heavy (non-hydrogen) atoms. The van der Waals surface area contributed by atoms with Crippen molar-refractivity contribution in [1.82, 2.24) is 20.3 Å². The second kappa shape index (κ2) is 6.80. The molecule has 0 aliphatic carbocycles. The Hall–Kier alpha value is -3.69. The van der Waals surface area contributed by atoms with E-state index in [1.165, 1.54) is 24.3 Å². The van der Waals surface area contributed by atoms with Gasteiger partial charge in [0, 0.05) is 6.42 Å². The third-order valence-electron chi connectivity index (χ3n) is 3.93. The molecule has 0 atom stereocenters. The Balaban J connectivity index is 1.59. The number of hydrogen-bond donors (Lipinski definition) is 1. The molecular formula is C18H11F3N4O3. The number of halogens is 3. The predicted molar refractivity (Wildman–Crippen MR) is 91.6 cm³/mol. The standard InChI is InChI=1S/C18H11F3N4O3/c19-18(20,21)27-13-6-4-11(5-7-13)12-3-1-2-10(8-12)9-14-17(26)23-16-15(22-14)24-28-25-16/h1-8H,9H2,(H,23,25,26). The molecular weight excluding hydrogens is 377 g/mol. The highest BCUT2D eigenvalue weighted by atomic mass is 19.4. The molecule has 4 aromatic rings. The summed E-state index contributed by atoms with van der Waals surface area (Å²) < 4.78 is 45.2. The molecule has 0 amide bonds. The minimum atomic E-state index is -4.73. The number of fused-ring (bicyclic) bond motifs is 1. The predicted octanol–water partition coefficient (Wildman–Crippen LogP) is 3.46. The minimum absolute atomic E-state index is 0.170. The molecule has 0 saturated heterocycles. The highest BCUT2D eigenvalue weighted by Crippen LogP contribution is 2.27. The number of rotatable bonds is 4. The molecule has 2 heterocycles. The maximum absolute atomic E-state index is 12.3. The third kappa shape index (κ3) is 3.85. The number of hydrogen-bond acceptors (Lipinski definition) is 6. The minimum Gasteiger partial charge on any atom is -0.406 e. The molecule has 7 nitrogen and oxygen atoms in total. The van der Waals surface area contributed by atoms with Gasteiger partial charge in [-0.2, -0.15) is 0 Å². The van der Waals surface area contributed by atoms with Crippen LogP contribution in [0, 0.1) is 0 Å². The molecule has 10 heteroatoms. The largest absolute Gasteiger partial charge is 0.573 e. The van der Waals surface area contributed by atoms with Gasteiger partial charge in [0.05, 0.1) is 0 Å². The van der Waals surface area contributed by atoms with Gasteiger partial charge in [0.1, 0.15) is 11.4 Å². The maximum atomic E-state index is 12.3. The van der Waals surface area contributed by atoms with Gasteiger partial charge in [0.2, 0.25) is 11.3 Å². The number of nitrogens with zero attached hydrogens (tertiary/aromatic N) is 3. The van der Waals surface area contributed by atoms with Crippen molar-refractivity contribution in [2.45, 2.75) is 12.8 Å². The van der Waals surface area contributed by atoms with Crippen LogP contribution in [0.5, 0.6) is 5.75 Å². The third-order valence-corrected chi connectivity index (χ3v) is 3.93. The number of aromatic amines is 1. The Kier molecular flexibility index (Phi) is 4.30. The topological polar surface area (TPSA) is 93.9 Å². The van der Waals surface area contributed by atoms with Gasteiger partial charge in [-0.15, -0.1) is 13.2 Å². The monoisotopic (exact) mass is 388 g/mol. The Morgan fingerprint density at radius 3 is 2.57 bits per heavy atom. The van der Waals surface area contributed by atoms with Crippen molar-refractivity contribution in [3.8, 4) is 16.9 Å². The van der Waals surface area contributed by atoms with E-state index in [-0.39, 0.29) is 29.2 Å². The fraction of sp³-hybridized carbons (Fsp3) is 0.111. The molecule has 2 aromatic heterocycles. The van der Waals surface area contributed by atoms with E-state index in [0.29, 0.717) is 5.56 Å². The molecule has 0 bridgehead atoms. The molecule has 1 N–H and O–H groups in total. The van der Waals surface area contributed by atoms with Crippen LogP contribution in [-0.4, -0.2) is 26.6 Å². The van der Waals surface area contributed by atoms with E-state index in [1.807, 2.05) is 18.2 Å². The summed E-state index contributed by atoms with van der Waals surface area (Å²) >= 11 is 0. The fourth-order valence-electron chi connectivity index (χ4n) is 2.72. The molecule has 0 aliphatic rings. The first kappa shape index (κ1) is 17.7. The summed E-state index contributed by atoms with van der Waals surface area (Å²) in [6.07, 6.45) is -4.50. The van der Waals surface area contributed by atoms with Gasteiger partial charge in [-0.3, -0.25) is 9.78 Å². The van der Waals surface area contributed by atoms with Crippen molar-refractivity contribution in [1.29, 1.82) is 0 Å². The summed E-state index contributed by atoms with van der Waals surface area (Å²) in [6, 6.07) is 12.8. The molecule has 2 aromatic carbocycles. The highest BCUT2D eigenvalue weighted by Gasteiger charge is 2.30. The Labute approximate surface area is 154 Å². The van der Waals surface area contributed by atoms with Crippen LogP contribution in [0.3, 0.4) is 0 Å². The second-order valence-electron chi connectivity index (χ2n) is 5.90. The normalized spacial score (nSPS) is 11.7. The number of ether oxygens (including phenoxy) is 1. The molecule has 0 aliphatic heterocycles. The summed E-state index contributed by atoms with van der Waals surface area (Å²) in [7, 11) is 0. The number of alkyl halides is 3. The van der Waals surface area contributed by atoms with Gasteiger partial charge in [-0.25, -0.2) is 9.61 Å². The lowest BCUT2D eigenvalue weighted by Gasteiger charge is -2.10. The van der Waals surface area contributed by atoms with E-state index in [0.717, 1.165) is 11.1 Å². The average Bonchev–Trinajstić information content (AvgIpc) is 3.09. The van der Waals surface area contributed by atoms with Crippen LogP contribution in [0.15, 0.2) is 58.0 Å². The zero-order valence-corrected chi connectivity index (χ0v) is 14.0. The van der Waals surface area contributed by atoms with E-state index in [9.17, 15) is 18.0 Å². The zero-order valence-electron chi connectivity index (χ0n) is 14.0. The fourth-order valence-corrected chi connectivity index (χ4v) is 2.72. The van der Waals surface area contributed by atoms with Gasteiger partial charge in [-0.1, -0.05) is 36.4 Å². The Morgan fingerprint density at radius 1 is 1.04 bits per heavy atom. The van der Waals surface area contributed by atoms with Crippen molar-refractivity contribution in [2.24, 2.45) is 0 Å². The maximum Gasteiger partial charge on any atom is 0.573 e. The lowest BCUT2D eigenvalue weighted by molar-refractivity contribution is -0.274. The summed E-state index contributed by atoms with van der Waals surface area (Å²) in [5.74, 6) is -0.294. The zero-order chi connectivity index (χ0) is 19.7. The highest BCUT2D eigenvalue weighted by molar-refractivity contribution is 5.65. The first-order valence-corrected chi connectivity index (χ1v) is 8.04. The van der Waals surface area contributed by atoms with E-state index < -0.39 is 11.9 Å². The smallest absolute Gasteiger partial charge is 0.406 e. The second-order valence-corrected chi connectivity index (χ2v) is 5.90. The van der Waals surface area contributed by atoms with Gasteiger partial charge >= 0.3 is 6.36 Å².